The highest BCUT2D eigenvalue weighted by Crippen LogP contribution is 2.31. The Hall–Kier alpha value is -1.24. The van der Waals surface area contributed by atoms with Gasteiger partial charge in [-0.25, -0.2) is 4.98 Å². The molecule has 0 aliphatic heterocycles. The van der Waals surface area contributed by atoms with E-state index in [0.717, 1.165) is 31.0 Å². The summed E-state index contributed by atoms with van der Waals surface area (Å²) in [5.41, 5.74) is 3.01. The van der Waals surface area contributed by atoms with E-state index in [1.165, 1.54) is 0 Å². The minimum atomic E-state index is 0.861. The minimum absolute atomic E-state index is 0.861. The summed E-state index contributed by atoms with van der Waals surface area (Å²) in [6.45, 7) is 0. The number of nitrogens with one attached hydrogen (secondary N) is 1. The Bertz CT molecular complexity index is 728. The van der Waals surface area contributed by atoms with Gasteiger partial charge < -0.3 is 5.32 Å². The molecule has 1 aromatic carbocycles. The largest absolute Gasteiger partial charge is 0.331 e. The molecule has 3 rings (SSSR count). The summed E-state index contributed by atoms with van der Waals surface area (Å²) in [4.78, 5) is 8.60. The van der Waals surface area contributed by atoms with Crippen LogP contribution in [-0.2, 0) is 0 Å². The van der Waals surface area contributed by atoms with Crippen molar-refractivity contribution in [3.05, 3.63) is 57.1 Å². The van der Waals surface area contributed by atoms with E-state index in [2.05, 4.69) is 47.1 Å². The first kappa shape index (κ1) is 13.7. The molecule has 0 aliphatic rings. The van der Waals surface area contributed by atoms with Crippen molar-refractivity contribution in [3.8, 4) is 11.3 Å². The number of thiazole rings is 1. The Morgan fingerprint density at radius 3 is 2.60 bits per heavy atom. The molecule has 6 heteroatoms. The van der Waals surface area contributed by atoms with E-state index in [1.807, 2.05) is 35.7 Å². The highest BCUT2D eigenvalue weighted by molar-refractivity contribution is 9.11. The Morgan fingerprint density at radius 1 is 1.05 bits per heavy atom. The quantitative estimate of drug-likeness (QED) is 0.621. The molecule has 0 radical (unpaired) electrons. The fourth-order valence-electron chi connectivity index (χ4n) is 1.69. The number of nitrogens with zero attached hydrogens (tertiary/aromatic N) is 2. The van der Waals surface area contributed by atoms with Gasteiger partial charge in [0.2, 0.25) is 0 Å². The third-order valence-corrected chi connectivity index (χ3v) is 4.56. The normalized spacial score (nSPS) is 10.5. The van der Waals surface area contributed by atoms with Gasteiger partial charge in [-0.15, -0.1) is 11.3 Å². The van der Waals surface area contributed by atoms with E-state index >= 15 is 0 Å². The third-order valence-electron chi connectivity index (χ3n) is 2.65. The standard InChI is InChI=1S/C14H9Br2N3S/c15-10-1-2-12(11(16)7-10)18-14-19-13(8-20-14)9-3-5-17-6-4-9/h1-8H,(H,18,19). The van der Waals surface area contributed by atoms with Crippen molar-refractivity contribution in [1.29, 1.82) is 0 Å². The predicted molar refractivity (Wildman–Crippen MR) is 90.5 cm³/mol. The van der Waals surface area contributed by atoms with Crippen molar-refractivity contribution in [2.75, 3.05) is 5.32 Å². The molecule has 20 heavy (non-hydrogen) atoms. The molecular weight excluding hydrogens is 402 g/mol. The molecule has 1 N–H and O–H groups in total. The average molecular weight is 411 g/mol. The van der Waals surface area contributed by atoms with E-state index in [4.69, 9.17) is 0 Å². The Balaban J connectivity index is 1.84. The summed E-state index contributed by atoms with van der Waals surface area (Å²) in [5, 5.41) is 6.21. The molecule has 0 saturated carbocycles. The molecule has 3 aromatic rings. The molecular formula is C14H9Br2N3S. The van der Waals surface area contributed by atoms with Gasteiger partial charge in [-0.05, 0) is 46.3 Å². The van der Waals surface area contributed by atoms with Gasteiger partial charge in [-0.1, -0.05) is 15.9 Å². The second kappa shape index (κ2) is 6.03. The van der Waals surface area contributed by atoms with Gasteiger partial charge in [0.05, 0.1) is 11.4 Å². The van der Waals surface area contributed by atoms with Crippen LogP contribution in [0.3, 0.4) is 0 Å². The van der Waals surface area contributed by atoms with Crippen LogP contribution in [0.25, 0.3) is 11.3 Å². The third kappa shape index (κ3) is 3.08. The summed E-state index contributed by atoms with van der Waals surface area (Å²) in [6, 6.07) is 9.90. The van der Waals surface area contributed by atoms with Crippen LogP contribution < -0.4 is 5.32 Å². The summed E-state index contributed by atoms with van der Waals surface area (Å²) < 4.78 is 2.03. The first-order valence-corrected chi connectivity index (χ1v) is 8.27. The minimum Gasteiger partial charge on any atom is -0.331 e. The van der Waals surface area contributed by atoms with Gasteiger partial charge in [-0.3, -0.25) is 4.98 Å². The number of benzene rings is 1. The highest BCUT2D eigenvalue weighted by Gasteiger charge is 2.06. The summed E-state index contributed by atoms with van der Waals surface area (Å²) >= 11 is 8.55. The first-order chi connectivity index (χ1) is 9.72. The molecule has 0 unspecified atom stereocenters. The highest BCUT2D eigenvalue weighted by atomic mass is 79.9. The molecule has 100 valence electrons. The number of rotatable bonds is 3. The molecule has 0 amide bonds. The Morgan fingerprint density at radius 2 is 1.85 bits per heavy atom. The van der Waals surface area contributed by atoms with Crippen molar-refractivity contribution < 1.29 is 0 Å². The van der Waals surface area contributed by atoms with Crippen molar-refractivity contribution in [2.45, 2.75) is 0 Å². The lowest BCUT2D eigenvalue weighted by Crippen LogP contribution is -1.90. The van der Waals surface area contributed by atoms with E-state index in [-0.39, 0.29) is 0 Å². The van der Waals surface area contributed by atoms with Gasteiger partial charge in [0.15, 0.2) is 5.13 Å². The van der Waals surface area contributed by atoms with Crippen molar-refractivity contribution in [3.63, 3.8) is 0 Å². The van der Waals surface area contributed by atoms with E-state index < -0.39 is 0 Å². The smallest absolute Gasteiger partial charge is 0.187 e. The summed E-state index contributed by atoms with van der Waals surface area (Å²) in [7, 11) is 0. The maximum Gasteiger partial charge on any atom is 0.187 e. The van der Waals surface area contributed by atoms with Gasteiger partial charge in [0.1, 0.15) is 0 Å². The van der Waals surface area contributed by atoms with Gasteiger partial charge in [0.25, 0.3) is 0 Å². The van der Waals surface area contributed by atoms with E-state index in [1.54, 1.807) is 23.7 Å². The zero-order valence-corrected chi connectivity index (χ0v) is 14.2. The van der Waals surface area contributed by atoms with Crippen LogP contribution in [-0.4, -0.2) is 9.97 Å². The van der Waals surface area contributed by atoms with Crippen LogP contribution in [0.2, 0.25) is 0 Å². The molecule has 0 atom stereocenters. The predicted octanol–water partition coefficient (Wildman–Crippen LogP) is 5.47. The van der Waals surface area contributed by atoms with E-state index in [9.17, 15) is 0 Å². The number of anilines is 2. The fraction of sp³-hybridized carbons (Fsp3) is 0. The second-order valence-corrected chi connectivity index (χ2v) is 6.65. The van der Waals surface area contributed by atoms with Crippen molar-refractivity contribution >= 4 is 54.0 Å². The Labute approximate surface area is 137 Å². The van der Waals surface area contributed by atoms with Gasteiger partial charge in [-0.2, -0.15) is 0 Å². The topological polar surface area (TPSA) is 37.8 Å². The SMILES string of the molecule is Brc1ccc(Nc2nc(-c3ccncc3)cs2)c(Br)c1. The molecule has 0 saturated heterocycles. The number of halogens is 2. The molecule has 0 fully saturated rings. The Kier molecular flexibility index (Phi) is 4.14. The van der Waals surface area contributed by atoms with E-state index in [0.29, 0.717) is 0 Å². The van der Waals surface area contributed by atoms with Gasteiger partial charge in [0, 0.05) is 32.3 Å². The van der Waals surface area contributed by atoms with Gasteiger partial charge >= 0.3 is 0 Å². The molecule has 2 aromatic heterocycles. The van der Waals surface area contributed by atoms with Crippen LogP contribution in [0.1, 0.15) is 0 Å². The summed E-state index contributed by atoms with van der Waals surface area (Å²) in [5.74, 6) is 0. The number of aromatic nitrogens is 2. The second-order valence-electron chi connectivity index (χ2n) is 4.02. The van der Waals surface area contributed by atoms with Crippen molar-refractivity contribution in [2.24, 2.45) is 0 Å². The van der Waals surface area contributed by atoms with Crippen molar-refractivity contribution in [1.82, 2.24) is 9.97 Å². The van der Waals surface area contributed by atoms with Crippen LogP contribution in [0, 0.1) is 0 Å². The average Bonchev–Trinajstić information content (AvgIpc) is 2.92. The molecule has 0 aliphatic carbocycles. The molecule has 2 heterocycles. The lowest BCUT2D eigenvalue weighted by atomic mass is 10.2. The zero-order valence-electron chi connectivity index (χ0n) is 10.2. The van der Waals surface area contributed by atoms with Crippen LogP contribution >= 0.6 is 43.2 Å². The maximum absolute atomic E-state index is 4.59. The maximum atomic E-state index is 4.59. The molecule has 0 bridgehead atoms. The molecule has 0 spiro atoms. The number of hydrogen-bond donors (Lipinski definition) is 1. The first-order valence-electron chi connectivity index (χ1n) is 5.80. The number of pyridine rings is 1. The fourth-order valence-corrected chi connectivity index (χ4v) is 3.57. The van der Waals surface area contributed by atoms with Crippen LogP contribution in [0.15, 0.2) is 57.1 Å². The summed E-state index contributed by atoms with van der Waals surface area (Å²) in [6.07, 6.45) is 3.54. The number of hydrogen-bond acceptors (Lipinski definition) is 4. The molecule has 3 nitrogen and oxygen atoms in total. The lowest BCUT2D eigenvalue weighted by Gasteiger charge is -2.05. The lowest BCUT2D eigenvalue weighted by molar-refractivity contribution is 1.31. The van der Waals surface area contributed by atoms with Crippen LogP contribution in [0.5, 0.6) is 0 Å². The zero-order chi connectivity index (χ0) is 13.9. The van der Waals surface area contributed by atoms with Crippen LogP contribution in [0.4, 0.5) is 10.8 Å². The monoisotopic (exact) mass is 409 g/mol.